The Kier molecular flexibility index (Phi) is 6.22. The molecule has 2 fully saturated rings. The Morgan fingerprint density at radius 1 is 0.700 bits per heavy atom. The minimum absolute atomic E-state index is 0.474. The second-order valence-corrected chi connectivity index (χ2v) is 9.45. The fraction of sp³-hybridized carbons (Fsp3) is 0.538. The lowest BCUT2D eigenvalue weighted by Gasteiger charge is -2.37. The van der Waals surface area contributed by atoms with Gasteiger partial charge in [0.1, 0.15) is 5.82 Å². The van der Waals surface area contributed by atoms with Crippen LogP contribution >= 0.6 is 0 Å². The second kappa shape index (κ2) is 8.72. The van der Waals surface area contributed by atoms with Crippen molar-refractivity contribution in [2.75, 3.05) is 0 Å². The van der Waals surface area contributed by atoms with Crippen molar-refractivity contribution in [3.8, 4) is 11.1 Å². The molecule has 0 nitrogen and oxygen atoms in total. The molecule has 4 rings (SSSR count). The molecule has 2 aliphatic carbocycles. The first-order chi connectivity index (χ1) is 14.3. The van der Waals surface area contributed by atoms with Crippen molar-refractivity contribution in [3.63, 3.8) is 0 Å². The summed E-state index contributed by atoms with van der Waals surface area (Å²) in [6.07, 6.45) is 5.93. The molecule has 0 atom stereocenters. The average molecular weight is 419 g/mol. The lowest BCUT2D eigenvalue weighted by atomic mass is 9.68. The number of rotatable bonds is 3. The number of hydrogen-bond acceptors (Lipinski definition) is 0. The van der Waals surface area contributed by atoms with Gasteiger partial charge in [-0.2, -0.15) is 13.2 Å². The molecule has 4 heteroatoms. The molecule has 0 spiro atoms. The SMILES string of the molecule is CC1CCC(C2CCC(c3ccc(-c4ccc(C(F)(F)F)c(F)c4)cc3)CC2)CC1. The predicted octanol–water partition coefficient (Wildman–Crippen LogP) is 8.61. The standard InChI is InChI=1S/C26H30F4/c1-17-2-4-18(5-3-17)19-6-8-20(9-7-19)21-10-12-22(13-11-21)23-14-15-24(25(27)16-23)26(28,29)30/h10-20H,2-9H2,1H3. The molecule has 0 heterocycles. The summed E-state index contributed by atoms with van der Waals surface area (Å²) in [4.78, 5) is 0. The molecule has 2 aromatic rings. The van der Waals surface area contributed by atoms with Gasteiger partial charge in [0.15, 0.2) is 0 Å². The third-order valence-electron chi connectivity index (χ3n) is 7.49. The molecule has 0 N–H and O–H groups in total. The van der Waals surface area contributed by atoms with E-state index in [1.54, 1.807) is 0 Å². The van der Waals surface area contributed by atoms with Crippen molar-refractivity contribution in [2.24, 2.45) is 17.8 Å². The molecule has 0 amide bonds. The Balaban J connectivity index is 1.38. The van der Waals surface area contributed by atoms with Crippen LogP contribution in [0.25, 0.3) is 11.1 Å². The highest BCUT2D eigenvalue weighted by molar-refractivity contribution is 5.64. The highest BCUT2D eigenvalue weighted by Gasteiger charge is 2.34. The Hall–Kier alpha value is -1.84. The summed E-state index contributed by atoms with van der Waals surface area (Å²) >= 11 is 0. The number of benzene rings is 2. The Morgan fingerprint density at radius 3 is 1.77 bits per heavy atom. The molecule has 0 saturated heterocycles. The van der Waals surface area contributed by atoms with Crippen LogP contribution in [-0.4, -0.2) is 0 Å². The molecule has 30 heavy (non-hydrogen) atoms. The van der Waals surface area contributed by atoms with E-state index in [9.17, 15) is 17.6 Å². The molecule has 0 aromatic heterocycles. The van der Waals surface area contributed by atoms with Crippen LogP contribution in [0.4, 0.5) is 17.6 Å². The fourth-order valence-corrected chi connectivity index (χ4v) is 5.55. The number of hydrogen-bond donors (Lipinski definition) is 0. The van der Waals surface area contributed by atoms with Gasteiger partial charge < -0.3 is 0 Å². The van der Waals surface area contributed by atoms with E-state index in [0.717, 1.165) is 35.4 Å². The van der Waals surface area contributed by atoms with Crippen LogP contribution in [0.1, 0.15) is 75.3 Å². The Morgan fingerprint density at radius 2 is 1.23 bits per heavy atom. The third-order valence-corrected chi connectivity index (χ3v) is 7.49. The highest BCUT2D eigenvalue weighted by atomic mass is 19.4. The van der Waals surface area contributed by atoms with E-state index < -0.39 is 17.6 Å². The molecular weight excluding hydrogens is 388 g/mol. The summed E-state index contributed by atoms with van der Waals surface area (Å²) in [5.41, 5.74) is 1.30. The highest BCUT2D eigenvalue weighted by Crippen LogP contribution is 2.44. The van der Waals surface area contributed by atoms with Crippen LogP contribution in [0.3, 0.4) is 0 Å². The topological polar surface area (TPSA) is 0 Å². The molecule has 0 radical (unpaired) electrons. The van der Waals surface area contributed by atoms with Gasteiger partial charge >= 0.3 is 6.18 Å². The molecule has 0 aliphatic heterocycles. The summed E-state index contributed by atoms with van der Waals surface area (Å²) in [6, 6.07) is 11.1. The summed E-state index contributed by atoms with van der Waals surface area (Å²) in [6.45, 7) is 2.37. The summed E-state index contributed by atoms with van der Waals surface area (Å²) < 4.78 is 52.2. The van der Waals surface area contributed by atoms with Gasteiger partial charge in [0.2, 0.25) is 0 Å². The van der Waals surface area contributed by atoms with Crippen LogP contribution in [0.5, 0.6) is 0 Å². The minimum atomic E-state index is -4.67. The molecule has 2 aliphatic rings. The van der Waals surface area contributed by atoms with E-state index in [1.807, 2.05) is 12.1 Å². The largest absolute Gasteiger partial charge is 0.419 e. The zero-order valence-corrected chi connectivity index (χ0v) is 17.5. The summed E-state index contributed by atoms with van der Waals surface area (Å²) in [5.74, 6) is 2.03. The monoisotopic (exact) mass is 418 g/mol. The first kappa shape index (κ1) is 21.4. The van der Waals surface area contributed by atoms with Crippen molar-refractivity contribution in [3.05, 3.63) is 59.4 Å². The first-order valence-electron chi connectivity index (χ1n) is 11.3. The van der Waals surface area contributed by atoms with Gasteiger partial charge in [-0.1, -0.05) is 50.1 Å². The Labute approximate surface area is 176 Å². The van der Waals surface area contributed by atoms with Gasteiger partial charge in [-0.15, -0.1) is 0 Å². The van der Waals surface area contributed by atoms with Crippen LogP contribution < -0.4 is 0 Å². The van der Waals surface area contributed by atoms with Crippen molar-refractivity contribution in [2.45, 2.75) is 70.4 Å². The quantitative estimate of drug-likeness (QED) is 0.438. The van der Waals surface area contributed by atoms with Gasteiger partial charge in [0.05, 0.1) is 5.56 Å². The van der Waals surface area contributed by atoms with Crippen LogP contribution in [0, 0.1) is 23.6 Å². The Bertz CT molecular complexity index is 836. The maximum atomic E-state index is 13.9. The van der Waals surface area contributed by atoms with Crippen molar-refractivity contribution in [1.29, 1.82) is 0 Å². The van der Waals surface area contributed by atoms with Crippen molar-refractivity contribution in [1.82, 2.24) is 0 Å². The lowest BCUT2D eigenvalue weighted by molar-refractivity contribution is -0.139. The van der Waals surface area contributed by atoms with E-state index >= 15 is 0 Å². The second-order valence-electron chi connectivity index (χ2n) is 9.45. The van der Waals surface area contributed by atoms with Gasteiger partial charge in [0.25, 0.3) is 0 Å². The van der Waals surface area contributed by atoms with E-state index in [0.29, 0.717) is 11.5 Å². The number of halogens is 4. The third kappa shape index (κ3) is 4.73. The van der Waals surface area contributed by atoms with Gasteiger partial charge in [-0.3, -0.25) is 0 Å². The maximum Gasteiger partial charge on any atom is 0.419 e. The summed E-state index contributed by atoms with van der Waals surface area (Å²) in [5, 5.41) is 0. The fourth-order valence-electron chi connectivity index (χ4n) is 5.55. The van der Waals surface area contributed by atoms with Gasteiger partial charge in [-0.05, 0) is 91.0 Å². The average Bonchev–Trinajstić information content (AvgIpc) is 2.74. The molecule has 2 aromatic carbocycles. The van der Waals surface area contributed by atoms with Crippen molar-refractivity contribution >= 4 is 0 Å². The predicted molar refractivity (Wildman–Crippen MR) is 113 cm³/mol. The molecule has 2 saturated carbocycles. The zero-order chi connectivity index (χ0) is 21.3. The van der Waals surface area contributed by atoms with E-state index in [4.69, 9.17) is 0 Å². The zero-order valence-electron chi connectivity index (χ0n) is 17.5. The number of alkyl halides is 3. The van der Waals surface area contributed by atoms with E-state index in [-0.39, 0.29) is 0 Å². The first-order valence-corrected chi connectivity index (χ1v) is 11.3. The molecule has 0 unspecified atom stereocenters. The van der Waals surface area contributed by atoms with E-state index in [2.05, 4.69) is 19.1 Å². The lowest BCUT2D eigenvalue weighted by Crippen LogP contribution is -2.24. The van der Waals surface area contributed by atoms with E-state index in [1.165, 1.54) is 63.0 Å². The van der Waals surface area contributed by atoms with Crippen LogP contribution in [0.15, 0.2) is 42.5 Å². The van der Waals surface area contributed by atoms with Crippen LogP contribution in [-0.2, 0) is 6.18 Å². The normalized spacial score (nSPS) is 27.8. The van der Waals surface area contributed by atoms with Gasteiger partial charge in [-0.25, -0.2) is 4.39 Å². The smallest absolute Gasteiger partial charge is 0.206 e. The molecule has 0 bridgehead atoms. The molecule has 162 valence electrons. The maximum absolute atomic E-state index is 13.9. The minimum Gasteiger partial charge on any atom is -0.206 e. The van der Waals surface area contributed by atoms with Gasteiger partial charge in [0, 0.05) is 0 Å². The summed E-state index contributed by atoms with van der Waals surface area (Å²) in [7, 11) is 0. The van der Waals surface area contributed by atoms with Crippen molar-refractivity contribution < 1.29 is 17.6 Å². The molecular formula is C26H30F4. The van der Waals surface area contributed by atoms with Crippen LogP contribution in [0.2, 0.25) is 0 Å².